The number of hydrogen-bond acceptors (Lipinski definition) is 7. The minimum Gasteiger partial charge on any atom is -0.350 e. The van der Waals surface area contributed by atoms with Gasteiger partial charge in [0.2, 0.25) is 0 Å². The van der Waals surface area contributed by atoms with Gasteiger partial charge in [0.05, 0.1) is 0 Å². The van der Waals surface area contributed by atoms with E-state index in [1.165, 1.54) is 12.0 Å². The van der Waals surface area contributed by atoms with Gasteiger partial charge >= 0.3 is 18.1 Å². The van der Waals surface area contributed by atoms with Crippen molar-refractivity contribution in [2.24, 2.45) is 21.7 Å². The van der Waals surface area contributed by atoms with E-state index in [0.717, 1.165) is 0 Å². The van der Waals surface area contributed by atoms with Gasteiger partial charge < -0.3 is 11.5 Å². The van der Waals surface area contributed by atoms with Crippen LogP contribution in [0.4, 0.5) is 14.4 Å². The Labute approximate surface area is 88.0 Å². The molecule has 0 unspecified atom stereocenters. The minimum absolute atomic E-state index is 0.0847. The Hall–Kier alpha value is -3.03. The number of imide groups is 2. The van der Waals surface area contributed by atoms with Crippen LogP contribution in [0, 0.1) is 10.8 Å². The molecule has 0 radical (unpaired) electrons. The summed E-state index contributed by atoms with van der Waals surface area (Å²) in [6, 6.07) is -1.50. The standard InChI is InChI=1S/C5H6N8O3/c6-1-10-12(3(8)14)5(16)13(4(9)15)11-2-7/h6-7H,(H2,8,14)(H2,9,15). The lowest BCUT2D eigenvalue weighted by Crippen LogP contribution is -2.47. The third kappa shape index (κ3) is 3.03. The zero-order valence-corrected chi connectivity index (χ0v) is 7.67. The second kappa shape index (κ2) is 5.65. The molecule has 0 aliphatic rings. The van der Waals surface area contributed by atoms with Crippen LogP contribution in [0.15, 0.2) is 10.2 Å². The van der Waals surface area contributed by atoms with Crippen LogP contribution in [0.25, 0.3) is 0 Å². The number of carbonyl (C=O) groups excluding carboxylic acids is 3. The van der Waals surface area contributed by atoms with Gasteiger partial charge in [0.1, 0.15) is 12.0 Å². The highest BCUT2D eigenvalue weighted by Crippen LogP contribution is 1.99. The topological polar surface area (TPSA) is 182 Å². The number of urea groups is 3. The lowest BCUT2D eigenvalue weighted by Gasteiger charge is -2.15. The Morgan fingerprint density at radius 1 is 0.938 bits per heavy atom. The molecule has 6 amide bonds. The van der Waals surface area contributed by atoms with Gasteiger partial charge in [-0.1, -0.05) is 10.2 Å². The van der Waals surface area contributed by atoms with Crippen molar-refractivity contribution in [1.29, 1.82) is 10.8 Å². The van der Waals surface area contributed by atoms with Crippen molar-refractivity contribution in [3.05, 3.63) is 0 Å². The van der Waals surface area contributed by atoms with Crippen LogP contribution in [-0.4, -0.2) is 40.1 Å². The summed E-state index contributed by atoms with van der Waals surface area (Å²) in [6.45, 7) is 0. The lowest BCUT2D eigenvalue weighted by molar-refractivity contribution is 0.163. The molecular weight excluding hydrogens is 220 g/mol. The average molecular weight is 226 g/mol. The lowest BCUT2D eigenvalue weighted by atomic mass is 10.8. The number of hydrogen-bond donors (Lipinski definition) is 4. The summed E-state index contributed by atoms with van der Waals surface area (Å²) in [5, 5.41) is 18.4. The van der Waals surface area contributed by atoms with Gasteiger partial charge in [0.25, 0.3) is 0 Å². The molecule has 11 heteroatoms. The average Bonchev–Trinajstić information content (AvgIpc) is 2.20. The highest BCUT2D eigenvalue weighted by atomic mass is 16.2. The Morgan fingerprint density at radius 2 is 1.25 bits per heavy atom. The zero-order valence-electron chi connectivity index (χ0n) is 7.67. The number of nitrogens with one attached hydrogen (secondary N) is 2. The minimum atomic E-state index is -1.46. The van der Waals surface area contributed by atoms with Crippen LogP contribution in [0.5, 0.6) is 0 Å². The fraction of sp³-hybridized carbons (Fsp3) is 0. The monoisotopic (exact) mass is 226 g/mol. The summed E-state index contributed by atoms with van der Waals surface area (Å²) < 4.78 is 0. The first-order valence-electron chi connectivity index (χ1n) is 3.43. The van der Waals surface area contributed by atoms with Crippen molar-refractivity contribution < 1.29 is 14.4 Å². The molecule has 6 N–H and O–H groups in total. The molecule has 0 atom stereocenters. The molecule has 0 bridgehead atoms. The molecule has 0 aromatic carbocycles. The van der Waals surface area contributed by atoms with Crippen LogP contribution in [-0.2, 0) is 0 Å². The summed E-state index contributed by atoms with van der Waals surface area (Å²) in [5.74, 6) is 0. The first kappa shape index (κ1) is 13.0. The first-order chi connectivity index (χ1) is 7.45. The second-order valence-electron chi connectivity index (χ2n) is 2.01. The Bertz CT molecular complexity index is 375. The Balaban J connectivity index is 5.25. The predicted molar refractivity (Wildman–Crippen MR) is 48.6 cm³/mol. The van der Waals surface area contributed by atoms with Crippen molar-refractivity contribution >= 4 is 30.1 Å². The van der Waals surface area contributed by atoms with Crippen molar-refractivity contribution in [1.82, 2.24) is 10.0 Å². The van der Waals surface area contributed by atoms with Crippen molar-refractivity contribution in [2.75, 3.05) is 0 Å². The van der Waals surface area contributed by atoms with Gasteiger partial charge in [-0.05, 0) is 0 Å². The molecule has 0 aliphatic heterocycles. The molecule has 0 saturated heterocycles. The summed E-state index contributed by atoms with van der Waals surface area (Å²) in [4.78, 5) is 32.7. The maximum atomic E-state index is 11.3. The third-order valence-corrected chi connectivity index (χ3v) is 1.08. The Kier molecular flexibility index (Phi) is 4.58. The molecule has 0 fully saturated rings. The van der Waals surface area contributed by atoms with E-state index < -0.39 is 18.1 Å². The van der Waals surface area contributed by atoms with Crippen LogP contribution < -0.4 is 11.5 Å². The van der Waals surface area contributed by atoms with Crippen molar-refractivity contribution in [3.8, 4) is 0 Å². The van der Waals surface area contributed by atoms with E-state index >= 15 is 0 Å². The van der Waals surface area contributed by atoms with Gasteiger partial charge in [0, 0.05) is 0 Å². The SMILES string of the molecule is N=C=NN(C(N)=O)C(=O)N(N=C=N)C(N)=O. The predicted octanol–water partition coefficient (Wildman–Crippen LogP) is -0.797. The molecule has 0 spiro atoms. The number of primary amides is 2. The largest absolute Gasteiger partial charge is 0.379 e. The van der Waals surface area contributed by atoms with Gasteiger partial charge in [-0.15, -0.1) is 10.0 Å². The molecule has 84 valence electrons. The second-order valence-corrected chi connectivity index (χ2v) is 2.01. The first-order valence-corrected chi connectivity index (χ1v) is 3.43. The number of rotatable bonds is 2. The van der Waals surface area contributed by atoms with E-state index in [9.17, 15) is 14.4 Å². The van der Waals surface area contributed by atoms with Crippen LogP contribution in [0.1, 0.15) is 0 Å². The maximum Gasteiger partial charge on any atom is 0.379 e. The van der Waals surface area contributed by atoms with E-state index in [2.05, 4.69) is 10.2 Å². The molecule has 16 heavy (non-hydrogen) atoms. The molecule has 0 saturated carbocycles. The van der Waals surface area contributed by atoms with E-state index in [0.29, 0.717) is 0 Å². The van der Waals surface area contributed by atoms with Crippen LogP contribution in [0.2, 0.25) is 0 Å². The van der Waals surface area contributed by atoms with Gasteiger partial charge in [-0.25, -0.2) is 25.2 Å². The smallest absolute Gasteiger partial charge is 0.350 e. The van der Waals surface area contributed by atoms with Crippen molar-refractivity contribution in [2.45, 2.75) is 0 Å². The number of carbonyl (C=O) groups is 3. The molecule has 0 aromatic rings. The third-order valence-electron chi connectivity index (χ3n) is 1.08. The van der Waals surface area contributed by atoms with E-state index in [1.54, 1.807) is 0 Å². The van der Waals surface area contributed by atoms with E-state index in [-0.39, 0.29) is 10.0 Å². The normalized spacial score (nSPS) is 8.00. The summed E-state index contributed by atoms with van der Waals surface area (Å²) in [7, 11) is 0. The van der Waals surface area contributed by atoms with Crippen molar-refractivity contribution in [3.63, 3.8) is 0 Å². The van der Waals surface area contributed by atoms with Crippen LogP contribution >= 0.6 is 0 Å². The van der Waals surface area contributed by atoms with Crippen LogP contribution in [0.3, 0.4) is 0 Å². The summed E-state index contributed by atoms with van der Waals surface area (Å²) in [5.41, 5.74) is 9.44. The number of amides is 6. The van der Waals surface area contributed by atoms with E-state index in [1.807, 2.05) is 0 Å². The van der Waals surface area contributed by atoms with E-state index in [4.69, 9.17) is 22.3 Å². The Morgan fingerprint density at radius 3 is 1.44 bits per heavy atom. The highest BCUT2D eigenvalue weighted by molar-refractivity contribution is 6.00. The highest BCUT2D eigenvalue weighted by Gasteiger charge is 2.28. The fourth-order valence-electron chi connectivity index (χ4n) is 0.562. The molecule has 0 aliphatic carbocycles. The fourth-order valence-corrected chi connectivity index (χ4v) is 0.562. The molecule has 0 rings (SSSR count). The number of nitrogens with two attached hydrogens (primary N) is 2. The molecule has 0 heterocycles. The van der Waals surface area contributed by atoms with Gasteiger partial charge in [-0.3, -0.25) is 0 Å². The summed E-state index contributed by atoms with van der Waals surface area (Å²) >= 11 is 0. The zero-order chi connectivity index (χ0) is 12.7. The molecule has 11 nitrogen and oxygen atoms in total. The maximum absolute atomic E-state index is 11.3. The summed E-state index contributed by atoms with van der Waals surface area (Å²) in [6.07, 6.45) is 0. The van der Waals surface area contributed by atoms with Gasteiger partial charge in [-0.2, -0.15) is 0 Å². The van der Waals surface area contributed by atoms with Gasteiger partial charge in [0.15, 0.2) is 0 Å². The quantitative estimate of drug-likeness (QED) is 0.355. The molecule has 0 aromatic heterocycles. The number of nitrogens with zero attached hydrogens (tertiary/aromatic N) is 4. The number of hydrazone groups is 2. The molecular formula is C5H6N8O3.